The lowest BCUT2D eigenvalue weighted by Gasteiger charge is -2.30. The maximum Gasteiger partial charge on any atom is 0.288 e. The van der Waals surface area contributed by atoms with Crippen molar-refractivity contribution in [3.63, 3.8) is 0 Å². The number of nitrogens with one attached hydrogen (secondary N) is 2. The summed E-state index contributed by atoms with van der Waals surface area (Å²) in [5.41, 5.74) is 3.50. The lowest BCUT2D eigenvalue weighted by atomic mass is 10.2. The maximum atomic E-state index is 12.4. The van der Waals surface area contributed by atoms with Crippen LogP contribution in [0.2, 0.25) is 0 Å². The number of ether oxygens (including phenoxy) is 1. The summed E-state index contributed by atoms with van der Waals surface area (Å²) in [6.45, 7) is 6.18. The molecule has 0 spiro atoms. The summed E-state index contributed by atoms with van der Waals surface area (Å²) in [4.78, 5) is 31.1. The summed E-state index contributed by atoms with van der Waals surface area (Å²) in [5, 5.41) is 4.22. The van der Waals surface area contributed by atoms with Crippen molar-refractivity contribution in [2.24, 2.45) is 4.99 Å². The van der Waals surface area contributed by atoms with Gasteiger partial charge in [-0.3, -0.25) is 19.9 Å². The molecule has 8 heteroatoms. The Morgan fingerprint density at radius 1 is 1.32 bits per heavy atom. The molecule has 1 fully saturated rings. The first-order valence-corrected chi connectivity index (χ1v) is 8.47. The van der Waals surface area contributed by atoms with Crippen LogP contribution in [0.4, 0.5) is 5.69 Å². The maximum absolute atomic E-state index is 12.4. The van der Waals surface area contributed by atoms with Crippen LogP contribution < -0.4 is 15.8 Å². The number of hydrogen-bond donors (Lipinski definition) is 2. The van der Waals surface area contributed by atoms with E-state index in [0.717, 1.165) is 32.8 Å². The van der Waals surface area contributed by atoms with Crippen molar-refractivity contribution < 1.29 is 14.3 Å². The van der Waals surface area contributed by atoms with E-state index in [2.05, 4.69) is 20.6 Å². The summed E-state index contributed by atoms with van der Waals surface area (Å²) < 4.78 is 5.30. The fourth-order valence-corrected chi connectivity index (χ4v) is 2.74. The lowest BCUT2D eigenvalue weighted by Crippen LogP contribution is -2.58. The molecule has 134 valence electrons. The Morgan fingerprint density at radius 3 is 2.76 bits per heavy atom. The van der Waals surface area contributed by atoms with Crippen molar-refractivity contribution in [2.75, 3.05) is 44.4 Å². The van der Waals surface area contributed by atoms with Gasteiger partial charge in [0, 0.05) is 26.2 Å². The Bertz CT molecular complexity index is 643. The van der Waals surface area contributed by atoms with Gasteiger partial charge in [-0.2, -0.15) is 0 Å². The van der Waals surface area contributed by atoms with Gasteiger partial charge in [-0.1, -0.05) is 18.2 Å². The Kier molecular flexibility index (Phi) is 5.62. The number of hydrazine groups is 1. The Morgan fingerprint density at radius 2 is 2.04 bits per heavy atom. The normalized spacial score (nSPS) is 21.5. The smallest absolute Gasteiger partial charge is 0.288 e. The molecular formula is C17H23N5O3. The zero-order valence-corrected chi connectivity index (χ0v) is 14.3. The third-order valence-corrected chi connectivity index (χ3v) is 4.16. The van der Waals surface area contributed by atoms with E-state index < -0.39 is 6.04 Å². The summed E-state index contributed by atoms with van der Waals surface area (Å²) in [6, 6.07) is 8.54. The van der Waals surface area contributed by atoms with Gasteiger partial charge < -0.3 is 10.1 Å². The van der Waals surface area contributed by atoms with Crippen molar-refractivity contribution in [1.29, 1.82) is 0 Å². The molecule has 2 N–H and O–H groups in total. The van der Waals surface area contributed by atoms with E-state index in [1.54, 1.807) is 19.1 Å². The number of aliphatic imine (C=N–C) groups is 1. The number of benzene rings is 1. The van der Waals surface area contributed by atoms with Gasteiger partial charge in [0.1, 0.15) is 6.04 Å². The van der Waals surface area contributed by atoms with E-state index in [0.29, 0.717) is 12.2 Å². The number of carbonyl (C=O) groups is 2. The van der Waals surface area contributed by atoms with Gasteiger partial charge in [-0.05, 0) is 19.1 Å². The molecular weight excluding hydrogens is 322 g/mol. The van der Waals surface area contributed by atoms with Crippen LogP contribution in [0.3, 0.4) is 0 Å². The molecule has 2 amide bonds. The molecule has 1 aromatic rings. The monoisotopic (exact) mass is 345 g/mol. The molecule has 2 aliphatic heterocycles. The number of hydrogen-bond acceptors (Lipinski definition) is 6. The molecule has 2 heterocycles. The van der Waals surface area contributed by atoms with Crippen LogP contribution in [-0.2, 0) is 14.3 Å². The molecule has 0 saturated carbocycles. The molecule has 3 rings (SSSR count). The predicted octanol–water partition coefficient (Wildman–Crippen LogP) is -0.227. The minimum Gasteiger partial charge on any atom is -0.379 e. The highest BCUT2D eigenvalue weighted by atomic mass is 16.5. The predicted molar refractivity (Wildman–Crippen MR) is 94.2 cm³/mol. The van der Waals surface area contributed by atoms with Crippen LogP contribution in [0, 0.1) is 0 Å². The first-order valence-electron chi connectivity index (χ1n) is 8.47. The Hall–Kier alpha value is -2.45. The second-order valence-electron chi connectivity index (χ2n) is 5.98. The fourth-order valence-electron chi connectivity index (χ4n) is 2.74. The second kappa shape index (κ2) is 8.09. The van der Waals surface area contributed by atoms with Crippen LogP contribution >= 0.6 is 0 Å². The number of morpholine rings is 1. The Labute approximate surface area is 146 Å². The number of nitrogens with zero attached hydrogens (tertiary/aromatic N) is 3. The third-order valence-electron chi connectivity index (χ3n) is 4.16. The van der Waals surface area contributed by atoms with Crippen molar-refractivity contribution in [3.8, 4) is 0 Å². The average Bonchev–Trinajstić information content (AvgIpc) is 2.65. The number of amides is 2. The molecule has 1 unspecified atom stereocenters. The number of amidine groups is 1. The molecule has 0 bridgehead atoms. The van der Waals surface area contributed by atoms with Gasteiger partial charge in [-0.15, -0.1) is 0 Å². The van der Waals surface area contributed by atoms with Crippen LogP contribution in [0.1, 0.15) is 6.92 Å². The first-order chi connectivity index (χ1) is 12.1. The quantitative estimate of drug-likeness (QED) is 0.770. The standard InChI is InChI=1S/C17H23N5O3/c1-13-17(24)22(14-5-3-2-4-6-14)20-15(19-13)16(23)18-7-8-21-9-11-25-12-10-21/h2-6,13H,7-12H2,1H3,(H,18,23)(H,19,20). The molecule has 1 atom stereocenters. The van der Waals surface area contributed by atoms with E-state index in [1.807, 2.05) is 18.2 Å². The van der Waals surface area contributed by atoms with Gasteiger partial charge in [0.2, 0.25) is 5.84 Å². The molecule has 8 nitrogen and oxygen atoms in total. The van der Waals surface area contributed by atoms with Gasteiger partial charge in [-0.25, -0.2) is 10.0 Å². The molecule has 2 aliphatic rings. The van der Waals surface area contributed by atoms with Crippen molar-refractivity contribution >= 4 is 23.3 Å². The van der Waals surface area contributed by atoms with Gasteiger partial charge in [0.05, 0.1) is 18.9 Å². The van der Waals surface area contributed by atoms with E-state index in [4.69, 9.17) is 4.74 Å². The molecule has 1 saturated heterocycles. The summed E-state index contributed by atoms with van der Waals surface area (Å²) in [6.07, 6.45) is 0. The largest absolute Gasteiger partial charge is 0.379 e. The SMILES string of the molecule is CC1N=C(C(=O)NCCN2CCOCC2)NN(c2ccccc2)C1=O. The van der Waals surface area contributed by atoms with Gasteiger partial charge >= 0.3 is 0 Å². The van der Waals surface area contributed by atoms with Gasteiger partial charge in [0.15, 0.2) is 0 Å². The second-order valence-corrected chi connectivity index (χ2v) is 5.98. The zero-order valence-electron chi connectivity index (χ0n) is 14.3. The van der Waals surface area contributed by atoms with Crippen molar-refractivity contribution in [1.82, 2.24) is 15.6 Å². The summed E-state index contributed by atoms with van der Waals surface area (Å²) in [5.74, 6) is -0.359. The molecule has 0 aliphatic carbocycles. The minimum absolute atomic E-state index is 0.151. The number of anilines is 1. The van der Waals surface area contributed by atoms with Crippen LogP contribution in [0.25, 0.3) is 0 Å². The van der Waals surface area contributed by atoms with Crippen molar-refractivity contribution in [2.45, 2.75) is 13.0 Å². The number of rotatable bonds is 5. The highest BCUT2D eigenvalue weighted by molar-refractivity contribution is 6.39. The van der Waals surface area contributed by atoms with Crippen LogP contribution in [-0.4, -0.2) is 68.0 Å². The van der Waals surface area contributed by atoms with Crippen molar-refractivity contribution in [3.05, 3.63) is 30.3 Å². The van der Waals surface area contributed by atoms with Gasteiger partial charge in [0.25, 0.3) is 11.8 Å². The lowest BCUT2D eigenvalue weighted by molar-refractivity contribution is -0.120. The third kappa shape index (κ3) is 4.34. The first kappa shape index (κ1) is 17.4. The molecule has 0 aromatic heterocycles. The highest BCUT2D eigenvalue weighted by Crippen LogP contribution is 2.15. The summed E-state index contributed by atoms with van der Waals surface area (Å²) in [7, 11) is 0. The average molecular weight is 345 g/mol. The van der Waals surface area contributed by atoms with Crippen LogP contribution in [0.15, 0.2) is 35.3 Å². The minimum atomic E-state index is -0.610. The van der Waals surface area contributed by atoms with E-state index >= 15 is 0 Å². The number of para-hydroxylation sites is 1. The zero-order chi connectivity index (χ0) is 17.6. The fraction of sp³-hybridized carbons (Fsp3) is 0.471. The number of carbonyl (C=O) groups excluding carboxylic acids is 2. The van der Waals surface area contributed by atoms with E-state index in [-0.39, 0.29) is 17.6 Å². The van der Waals surface area contributed by atoms with E-state index in [9.17, 15) is 9.59 Å². The molecule has 0 radical (unpaired) electrons. The summed E-state index contributed by atoms with van der Waals surface area (Å²) >= 11 is 0. The Balaban J connectivity index is 1.58. The topological polar surface area (TPSA) is 86.3 Å². The molecule has 25 heavy (non-hydrogen) atoms. The van der Waals surface area contributed by atoms with E-state index in [1.165, 1.54) is 5.01 Å². The molecule has 1 aromatic carbocycles. The highest BCUT2D eigenvalue weighted by Gasteiger charge is 2.30. The van der Waals surface area contributed by atoms with Crippen LogP contribution in [0.5, 0.6) is 0 Å².